The summed E-state index contributed by atoms with van der Waals surface area (Å²) in [6.07, 6.45) is 0.497. The van der Waals surface area contributed by atoms with Crippen molar-refractivity contribution in [2.45, 2.75) is 12.5 Å². The Bertz CT molecular complexity index is 660. The molecule has 0 radical (unpaired) electrons. The SMILES string of the molecule is O=C1CC(n2c(=S)[nH]c3cc(Br)ccc32)CN1. The molecule has 1 aromatic carbocycles. The van der Waals surface area contributed by atoms with Crippen molar-refractivity contribution in [2.24, 2.45) is 0 Å². The summed E-state index contributed by atoms with van der Waals surface area (Å²) in [6.45, 7) is 0.649. The highest BCUT2D eigenvalue weighted by atomic mass is 79.9. The molecule has 2 heterocycles. The fourth-order valence-electron chi connectivity index (χ4n) is 2.24. The number of fused-ring (bicyclic) bond motifs is 1. The molecule has 1 unspecified atom stereocenters. The number of aromatic amines is 1. The average molecular weight is 312 g/mol. The fourth-order valence-corrected chi connectivity index (χ4v) is 2.96. The Balaban J connectivity index is 2.19. The van der Waals surface area contributed by atoms with Crippen molar-refractivity contribution < 1.29 is 4.79 Å². The van der Waals surface area contributed by atoms with Crippen molar-refractivity contribution in [3.8, 4) is 0 Å². The van der Waals surface area contributed by atoms with E-state index >= 15 is 0 Å². The molecule has 17 heavy (non-hydrogen) atoms. The van der Waals surface area contributed by atoms with Crippen LogP contribution in [0.5, 0.6) is 0 Å². The van der Waals surface area contributed by atoms with Gasteiger partial charge in [-0.15, -0.1) is 0 Å². The monoisotopic (exact) mass is 311 g/mol. The lowest BCUT2D eigenvalue weighted by atomic mass is 10.2. The van der Waals surface area contributed by atoms with Crippen LogP contribution in [0.1, 0.15) is 12.5 Å². The van der Waals surface area contributed by atoms with Gasteiger partial charge in [0.2, 0.25) is 5.91 Å². The van der Waals surface area contributed by atoms with Gasteiger partial charge in [0.15, 0.2) is 4.77 Å². The van der Waals surface area contributed by atoms with Crippen LogP contribution in [-0.2, 0) is 4.79 Å². The summed E-state index contributed by atoms with van der Waals surface area (Å²) in [5.41, 5.74) is 2.03. The highest BCUT2D eigenvalue weighted by Crippen LogP contribution is 2.25. The molecule has 1 aliphatic rings. The van der Waals surface area contributed by atoms with Gasteiger partial charge in [0.25, 0.3) is 0 Å². The van der Waals surface area contributed by atoms with Gasteiger partial charge in [0, 0.05) is 17.4 Å². The van der Waals surface area contributed by atoms with Gasteiger partial charge in [0.1, 0.15) is 0 Å². The number of rotatable bonds is 1. The summed E-state index contributed by atoms with van der Waals surface area (Å²) in [5, 5.41) is 2.83. The fraction of sp³-hybridized carbons (Fsp3) is 0.273. The third-order valence-corrected chi connectivity index (χ3v) is 3.79. The Hall–Kier alpha value is -1.14. The molecule has 1 amide bonds. The molecule has 6 heteroatoms. The highest BCUT2D eigenvalue weighted by Gasteiger charge is 2.24. The highest BCUT2D eigenvalue weighted by molar-refractivity contribution is 9.10. The van der Waals surface area contributed by atoms with E-state index in [2.05, 4.69) is 26.2 Å². The molecule has 0 aliphatic carbocycles. The van der Waals surface area contributed by atoms with Crippen LogP contribution in [0.3, 0.4) is 0 Å². The van der Waals surface area contributed by atoms with Crippen LogP contribution in [0.2, 0.25) is 0 Å². The normalized spacial score (nSPS) is 19.8. The number of carbonyl (C=O) groups excluding carboxylic acids is 1. The standard InChI is InChI=1S/C11H10BrN3OS/c12-6-1-2-9-8(3-6)14-11(17)15(9)7-4-10(16)13-5-7/h1-3,7H,4-5H2,(H,13,16)(H,14,17). The zero-order chi connectivity index (χ0) is 12.0. The Labute approximate surface area is 111 Å². The largest absolute Gasteiger partial charge is 0.354 e. The molecule has 0 spiro atoms. The molecule has 2 aromatic rings. The first-order valence-corrected chi connectivity index (χ1v) is 6.52. The van der Waals surface area contributed by atoms with E-state index in [0.29, 0.717) is 17.7 Å². The van der Waals surface area contributed by atoms with Gasteiger partial charge in [-0.05, 0) is 30.4 Å². The minimum Gasteiger partial charge on any atom is -0.354 e. The predicted molar refractivity (Wildman–Crippen MR) is 71.5 cm³/mol. The van der Waals surface area contributed by atoms with Gasteiger partial charge in [-0.25, -0.2) is 0 Å². The minimum absolute atomic E-state index is 0.0864. The van der Waals surface area contributed by atoms with Crippen molar-refractivity contribution >= 4 is 45.1 Å². The lowest BCUT2D eigenvalue weighted by Crippen LogP contribution is -2.15. The molecule has 2 N–H and O–H groups in total. The number of nitrogens with zero attached hydrogens (tertiary/aromatic N) is 1. The third kappa shape index (κ3) is 1.81. The van der Waals surface area contributed by atoms with Crippen LogP contribution >= 0.6 is 28.1 Å². The summed E-state index contributed by atoms with van der Waals surface area (Å²) in [5.74, 6) is 0.0864. The van der Waals surface area contributed by atoms with E-state index in [4.69, 9.17) is 12.2 Å². The first-order chi connectivity index (χ1) is 8.15. The lowest BCUT2D eigenvalue weighted by Gasteiger charge is -2.10. The average Bonchev–Trinajstić information content (AvgIpc) is 2.80. The Kier molecular flexibility index (Phi) is 2.56. The zero-order valence-corrected chi connectivity index (χ0v) is 11.3. The second kappa shape index (κ2) is 3.96. The molecule has 0 bridgehead atoms. The minimum atomic E-state index is 0.0864. The molecule has 1 atom stereocenters. The van der Waals surface area contributed by atoms with Gasteiger partial charge in [-0.2, -0.15) is 0 Å². The second-order valence-corrected chi connectivity index (χ2v) is 5.43. The van der Waals surface area contributed by atoms with E-state index in [0.717, 1.165) is 15.5 Å². The van der Waals surface area contributed by atoms with E-state index < -0.39 is 0 Å². The number of amides is 1. The number of hydrogen-bond acceptors (Lipinski definition) is 2. The summed E-state index contributed by atoms with van der Waals surface area (Å²) < 4.78 is 3.70. The summed E-state index contributed by atoms with van der Waals surface area (Å²) in [7, 11) is 0. The molecular weight excluding hydrogens is 302 g/mol. The van der Waals surface area contributed by atoms with Gasteiger partial charge in [0.05, 0.1) is 17.1 Å². The third-order valence-electron chi connectivity index (χ3n) is 3.00. The smallest absolute Gasteiger partial charge is 0.222 e. The maximum Gasteiger partial charge on any atom is 0.222 e. The number of nitrogens with one attached hydrogen (secondary N) is 2. The Morgan fingerprint density at radius 3 is 3.00 bits per heavy atom. The number of halogens is 1. The summed E-state index contributed by atoms with van der Waals surface area (Å²) >= 11 is 8.75. The van der Waals surface area contributed by atoms with Crippen LogP contribution in [0.15, 0.2) is 22.7 Å². The van der Waals surface area contributed by atoms with E-state index in [1.165, 1.54) is 0 Å². The van der Waals surface area contributed by atoms with Crippen molar-refractivity contribution in [1.29, 1.82) is 0 Å². The van der Waals surface area contributed by atoms with Gasteiger partial charge < -0.3 is 14.9 Å². The van der Waals surface area contributed by atoms with Crippen LogP contribution in [0.4, 0.5) is 0 Å². The maximum absolute atomic E-state index is 11.3. The Morgan fingerprint density at radius 2 is 2.29 bits per heavy atom. The number of H-pyrrole nitrogens is 1. The predicted octanol–water partition coefficient (Wildman–Crippen LogP) is 2.52. The Morgan fingerprint density at radius 1 is 1.47 bits per heavy atom. The number of hydrogen-bond donors (Lipinski definition) is 2. The number of imidazole rings is 1. The first kappa shape index (κ1) is 11.0. The van der Waals surface area contributed by atoms with Crippen molar-refractivity contribution in [3.05, 3.63) is 27.4 Å². The molecule has 1 fully saturated rings. The van der Waals surface area contributed by atoms with Crippen LogP contribution in [-0.4, -0.2) is 22.0 Å². The van der Waals surface area contributed by atoms with Crippen molar-refractivity contribution in [2.75, 3.05) is 6.54 Å². The molecule has 88 valence electrons. The number of carbonyl (C=O) groups is 1. The molecule has 1 aliphatic heterocycles. The molecular formula is C11H10BrN3OS. The molecule has 3 rings (SSSR count). The van der Waals surface area contributed by atoms with Gasteiger partial charge in [-0.1, -0.05) is 15.9 Å². The summed E-state index contributed by atoms with van der Waals surface area (Å²) in [4.78, 5) is 14.4. The molecule has 4 nitrogen and oxygen atoms in total. The van der Waals surface area contributed by atoms with Gasteiger partial charge >= 0.3 is 0 Å². The van der Waals surface area contributed by atoms with E-state index in [1.54, 1.807) is 0 Å². The van der Waals surface area contributed by atoms with Crippen LogP contribution in [0.25, 0.3) is 11.0 Å². The number of benzene rings is 1. The van der Waals surface area contributed by atoms with E-state index in [9.17, 15) is 4.79 Å². The molecule has 1 saturated heterocycles. The molecule has 0 saturated carbocycles. The summed E-state index contributed by atoms with van der Waals surface area (Å²) in [6, 6.07) is 6.09. The lowest BCUT2D eigenvalue weighted by molar-refractivity contribution is -0.119. The van der Waals surface area contributed by atoms with Crippen LogP contribution in [0, 0.1) is 4.77 Å². The van der Waals surface area contributed by atoms with E-state index in [-0.39, 0.29) is 11.9 Å². The van der Waals surface area contributed by atoms with Crippen molar-refractivity contribution in [3.63, 3.8) is 0 Å². The topological polar surface area (TPSA) is 49.8 Å². The first-order valence-electron chi connectivity index (χ1n) is 5.31. The van der Waals surface area contributed by atoms with Crippen molar-refractivity contribution in [1.82, 2.24) is 14.9 Å². The number of aromatic nitrogens is 2. The second-order valence-electron chi connectivity index (χ2n) is 4.12. The van der Waals surface area contributed by atoms with Gasteiger partial charge in [-0.3, -0.25) is 4.79 Å². The molecule has 1 aromatic heterocycles. The van der Waals surface area contributed by atoms with Crippen LogP contribution < -0.4 is 5.32 Å². The maximum atomic E-state index is 11.3. The quantitative estimate of drug-likeness (QED) is 0.795. The van der Waals surface area contributed by atoms with E-state index in [1.807, 2.05) is 22.8 Å². The zero-order valence-electron chi connectivity index (χ0n) is 8.87.